The molecular formula is C13H18FNO2. The number of halogens is 1. The average Bonchev–Trinajstić information content (AvgIpc) is 2.32. The van der Waals surface area contributed by atoms with Crippen molar-refractivity contribution in [2.24, 2.45) is 0 Å². The molecule has 0 saturated carbocycles. The van der Waals surface area contributed by atoms with Gasteiger partial charge < -0.3 is 9.84 Å². The van der Waals surface area contributed by atoms with Gasteiger partial charge in [0.15, 0.2) is 11.6 Å². The van der Waals surface area contributed by atoms with Crippen molar-refractivity contribution in [3.8, 4) is 5.75 Å². The van der Waals surface area contributed by atoms with Crippen molar-refractivity contribution in [3.05, 3.63) is 30.1 Å². The lowest BCUT2D eigenvalue weighted by atomic mass is 10.1. The van der Waals surface area contributed by atoms with Crippen LogP contribution in [-0.4, -0.2) is 42.4 Å². The van der Waals surface area contributed by atoms with E-state index in [2.05, 4.69) is 4.90 Å². The molecule has 3 nitrogen and oxygen atoms in total. The summed E-state index contributed by atoms with van der Waals surface area (Å²) in [7, 11) is 0. The molecule has 0 radical (unpaired) electrons. The van der Waals surface area contributed by atoms with Crippen molar-refractivity contribution in [2.75, 3.05) is 26.2 Å². The third kappa shape index (κ3) is 3.68. The summed E-state index contributed by atoms with van der Waals surface area (Å²) in [5, 5.41) is 9.50. The van der Waals surface area contributed by atoms with E-state index in [-0.39, 0.29) is 11.9 Å². The minimum absolute atomic E-state index is 0.225. The minimum Gasteiger partial charge on any atom is -0.489 e. The van der Waals surface area contributed by atoms with Gasteiger partial charge in [-0.15, -0.1) is 0 Å². The first kappa shape index (κ1) is 12.3. The SMILES string of the molecule is OC1CCCN(CCOc2ccccc2F)C1. The number of aliphatic hydroxyl groups is 1. The Balaban J connectivity index is 1.74. The van der Waals surface area contributed by atoms with E-state index in [0.717, 1.165) is 25.9 Å². The second-order valence-electron chi connectivity index (χ2n) is 4.38. The molecule has 0 amide bonds. The molecule has 1 unspecified atom stereocenters. The lowest BCUT2D eigenvalue weighted by Gasteiger charge is -2.29. The van der Waals surface area contributed by atoms with Crippen LogP contribution in [0.3, 0.4) is 0 Å². The van der Waals surface area contributed by atoms with E-state index in [1.165, 1.54) is 6.07 Å². The van der Waals surface area contributed by atoms with Crippen molar-refractivity contribution in [1.82, 2.24) is 4.90 Å². The van der Waals surface area contributed by atoms with Crippen molar-refractivity contribution in [3.63, 3.8) is 0 Å². The van der Waals surface area contributed by atoms with E-state index >= 15 is 0 Å². The maximum absolute atomic E-state index is 13.2. The summed E-state index contributed by atoms with van der Waals surface area (Å²) in [5.41, 5.74) is 0. The van der Waals surface area contributed by atoms with Gasteiger partial charge in [-0.25, -0.2) is 4.39 Å². The Kier molecular flexibility index (Phi) is 4.34. The maximum Gasteiger partial charge on any atom is 0.165 e. The molecular weight excluding hydrogens is 221 g/mol. The highest BCUT2D eigenvalue weighted by Gasteiger charge is 2.17. The summed E-state index contributed by atoms with van der Waals surface area (Å²) in [6, 6.07) is 6.41. The molecule has 0 bridgehead atoms. The highest BCUT2D eigenvalue weighted by molar-refractivity contribution is 5.23. The molecule has 1 saturated heterocycles. The van der Waals surface area contributed by atoms with E-state index in [1.807, 2.05) is 0 Å². The third-order valence-corrected chi connectivity index (χ3v) is 2.98. The van der Waals surface area contributed by atoms with Gasteiger partial charge in [-0.3, -0.25) is 4.90 Å². The first-order chi connectivity index (χ1) is 8.25. The van der Waals surface area contributed by atoms with Crippen molar-refractivity contribution < 1.29 is 14.2 Å². The van der Waals surface area contributed by atoms with Gasteiger partial charge in [-0.1, -0.05) is 12.1 Å². The summed E-state index contributed by atoms with van der Waals surface area (Å²) in [6.45, 7) is 2.86. The van der Waals surface area contributed by atoms with Crippen LogP contribution in [0.2, 0.25) is 0 Å². The number of aliphatic hydroxyl groups excluding tert-OH is 1. The van der Waals surface area contributed by atoms with Gasteiger partial charge in [0.25, 0.3) is 0 Å². The van der Waals surface area contributed by atoms with Crippen LogP contribution < -0.4 is 4.74 Å². The Morgan fingerprint density at radius 3 is 3.00 bits per heavy atom. The van der Waals surface area contributed by atoms with Gasteiger partial charge in [-0.05, 0) is 31.5 Å². The fraction of sp³-hybridized carbons (Fsp3) is 0.538. The van der Waals surface area contributed by atoms with Crippen LogP contribution in [0.25, 0.3) is 0 Å². The topological polar surface area (TPSA) is 32.7 Å². The number of rotatable bonds is 4. The Bertz CT molecular complexity index is 359. The molecule has 1 aliphatic rings. The van der Waals surface area contributed by atoms with Gasteiger partial charge in [0.05, 0.1) is 6.10 Å². The Morgan fingerprint density at radius 1 is 1.41 bits per heavy atom. The second kappa shape index (κ2) is 5.98. The van der Waals surface area contributed by atoms with Gasteiger partial charge in [0.2, 0.25) is 0 Å². The van der Waals surface area contributed by atoms with Crippen LogP contribution in [0.15, 0.2) is 24.3 Å². The first-order valence-electron chi connectivity index (χ1n) is 6.03. The van der Waals surface area contributed by atoms with Gasteiger partial charge in [0, 0.05) is 13.1 Å². The van der Waals surface area contributed by atoms with Crippen LogP contribution in [-0.2, 0) is 0 Å². The van der Waals surface area contributed by atoms with E-state index < -0.39 is 0 Å². The molecule has 0 aliphatic carbocycles. The highest BCUT2D eigenvalue weighted by Crippen LogP contribution is 2.15. The number of hydrogen-bond acceptors (Lipinski definition) is 3. The summed E-state index contributed by atoms with van der Waals surface area (Å²) >= 11 is 0. The number of piperidine rings is 1. The predicted molar refractivity (Wildman–Crippen MR) is 63.6 cm³/mol. The average molecular weight is 239 g/mol. The number of benzene rings is 1. The van der Waals surface area contributed by atoms with E-state index in [0.29, 0.717) is 18.9 Å². The summed E-state index contributed by atoms with van der Waals surface area (Å²) < 4.78 is 18.6. The molecule has 94 valence electrons. The van der Waals surface area contributed by atoms with Gasteiger partial charge >= 0.3 is 0 Å². The lowest BCUT2D eigenvalue weighted by molar-refractivity contribution is 0.0629. The summed E-state index contributed by atoms with van der Waals surface area (Å²) in [6.07, 6.45) is 1.67. The quantitative estimate of drug-likeness (QED) is 0.867. The molecule has 0 spiro atoms. The molecule has 0 aromatic heterocycles. The van der Waals surface area contributed by atoms with Crippen molar-refractivity contribution in [1.29, 1.82) is 0 Å². The maximum atomic E-state index is 13.2. The fourth-order valence-corrected chi connectivity index (χ4v) is 2.08. The zero-order valence-electron chi connectivity index (χ0n) is 9.81. The predicted octanol–water partition coefficient (Wildman–Crippen LogP) is 1.66. The summed E-state index contributed by atoms with van der Waals surface area (Å²) in [5.74, 6) is -0.0313. The van der Waals surface area contributed by atoms with Crippen LogP contribution in [0, 0.1) is 5.82 Å². The molecule has 1 aliphatic heterocycles. The minimum atomic E-state index is -0.328. The lowest BCUT2D eigenvalue weighted by Crippen LogP contribution is -2.40. The fourth-order valence-electron chi connectivity index (χ4n) is 2.08. The van der Waals surface area contributed by atoms with Crippen molar-refractivity contribution >= 4 is 0 Å². The number of nitrogens with zero attached hydrogens (tertiary/aromatic N) is 1. The zero-order chi connectivity index (χ0) is 12.1. The number of hydrogen-bond donors (Lipinski definition) is 1. The molecule has 4 heteroatoms. The molecule has 1 aromatic carbocycles. The zero-order valence-corrected chi connectivity index (χ0v) is 9.81. The van der Waals surface area contributed by atoms with Crippen LogP contribution in [0.1, 0.15) is 12.8 Å². The van der Waals surface area contributed by atoms with Crippen LogP contribution in [0.5, 0.6) is 5.75 Å². The highest BCUT2D eigenvalue weighted by atomic mass is 19.1. The number of ether oxygens (including phenoxy) is 1. The molecule has 1 fully saturated rings. The normalized spacial score (nSPS) is 21.4. The smallest absolute Gasteiger partial charge is 0.165 e. The van der Waals surface area contributed by atoms with Crippen LogP contribution >= 0.6 is 0 Å². The largest absolute Gasteiger partial charge is 0.489 e. The molecule has 1 N–H and O–H groups in total. The molecule has 1 atom stereocenters. The monoisotopic (exact) mass is 239 g/mol. The molecule has 2 rings (SSSR count). The van der Waals surface area contributed by atoms with Gasteiger partial charge in [-0.2, -0.15) is 0 Å². The first-order valence-corrected chi connectivity index (χ1v) is 6.03. The Morgan fingerprint density at radius 2 is 2.24 bits per heavy atom. The standard InChI is InChI=1S/C13H18FNO2/c14-12-5-1-2-6-13(12)17-9-8-15-7-3-4-11(16)10-15/h1-2,5-6,11,16H,3-4,7-10H2. The summed E-state index contributed by atoms with van der Waals surface area (Å²) in [4.78, 5) is 2.15. The Hall–Kier alpha value is -1.13. The molecule has 17 heavy (non-hydrogen) atoms. The molecule has 1 heterocycles. The number of para-hydroxylation sites is 1. The van der Waals surface area contributed by atoms with E-state index in [4.69, 9.17) is 4.74 Å². The van der Waals surface area contributed by atoms with E-state index in [1.54, 1.807) is 18.2 Å². The Labute approximate surface area is 101 Å². The number of β-amino-alcohol motifs (C(OH)–C–C–N with tert-alkyl or cyclic N) is 1. The van der Waals surface area contributed by atoms with Gasteiger partial charge in [0.1, 0.15) is 6.61 Å². The third-order valence-electron chi connectivity index (χ3n) is 2.98. The molecule has 1 aromatic rings. The van der Waals surface area contributed by atoms with Crippen molar-refractivity contribution in [2.45, 2.75) is 18.9 Å². The number of likely N-dealkylation sites (tertiary alicyclic amines) is 1. The van der Waals surface area contributed by atoms with Crippen LogP contribution in [0.4, 0.5) is 4.39 Å². The van der Waals surface area contributed by atoms with E-state index in [9.17, 15) is 9.50 Å². The second-order valence-corrected chi connectivity index (χ2v) is 4.38.